The molecule has 0 unspecified atom stereocenters. The van der Waals surface area contributed by atoms with Crippen LogP contribution in [0.2, 0.25) is 0 Å². The summed E-state index contributed by atoms with van der Waals surface area (Å²) in [4.78, 5) is 0. The number of aromatic hydroxyl groups is 2. The molecule has 1 atom stereocenters. The number of hydrogen-bond donors (Lipinski definition) is 2. The van der Waals surface area contributed by atoms with Crippen molar-refractivity contribution in [1.82, 2.24) is 0 Å². The molecule has 0 bridgehead atoms. The number of benzene rings is 2. The lowest BCUT2D eigenvalue weighted by atomic mass is 9.69. The number of phenolic OH excluding ortho intramolecular Hbond substituents is 2. The molecular weight excluding hydrogens is 296 g/mol. The molecule has 2 aromatic rings. The first-order valence-electron chi connectivity index (χ1n) is 8.64. The molecule has 1 aliphatic carbocycles. The third-order valence-corrected chi connectivity index (χ3v) is 5.52. The van der Waals surface area contributed by atoms with Crippen LogP contribution in [0.1, 0.15) is 70.2 Å². The largest absolute Gasteiger partial charge is 0.508 e. The third-order valence-electron chi connectivity index (χ3n) is 5.52. The molecule has 2 aromatic carbocycles. The molecule has 0 radical (unpaired) electrons. The minimum Gasteiger partial charge on any atom is -0.508 e. The molecule has 3 rings (SSSR count). The molecule has 2 heteroatoms. The maximum atomic E-state index is 10.8. The van der Waals surface area contributed by atoms with Crippen LogP contribution in [0.4, 0.5) is 0 Å². The van der Waals surface area contributed by atoms with Gasteiger partial charge in [-0.15, -0.1) is 0 Å². The van der Waals surface area contributed by atoms with Crippen molar-refractivity contribution >= 4 is 0 Å². The minimum atomic E-state index is -0.419. The van der Waals surface area contributed by atoms with Gasteiger partial charge in [0.15, 0.2) is 0 Å². The van der Waals surface area contributed by atoms with E-state index >= 15 is 0 Å². The fraction of sp³-hybridized carbons (Fsp3) is 0.455. The molecule has 0 aliphatic heterocycles. The molecule has 2 nitrogen and oxygen atoms in total. The highest BCUT2D eigenvalue weighted by Gasteiger charge is 2.49. The summed E-state index contributed by atoms with van der Waals surface area (Å²) in [7, 11) is 0. The van der Waals surface area contributed by atoms with Gasteiger partial charge in [0.25, 0.3) is 0 Å². The highest BCUT2D eigenvalue weighted by Crippen LogP contribution is 2.58. The van der Waals surface area contributed by atoms with Crippen LogP contribution in [0, 0.1) is 0 Å². The molecular formula is C22H28O2. The Morgan fingerprint density at radius 1 is 0.833 bits per heavy atom. The molecule has 0 aromatic heterocycles. The van der Waals surface area contributed by atoms with Crippen LogP contribution in [-0.4, -0.2) is 10.2 Å². The van der Waals surface area contributed by atoms with Crippen LogP contribution in [0.15, 0.2) is 36.4 Å². The molecule has 0 fully saturated rings. The summed E-state index contributed by atoms with van der Waals surface area (Å²) in [6.45, 7) is 13.1. The first-order valence-corrected chi connectivity index (χ1v) is 8.64. The van der Waals surface area contributed by atoms with E-state index in [1.54, 1.807) is 12.1 Å². The van der Waals surface area contributed by atoms with E-state index in [9.17, 15) is 10.2 Å². The van der Waals surface area contributed by atoms with E-state index in [1.165, 1.54) is 5.56 Å². The Balaban J connectivity index is 2.38. The van der Waals surface area contributed by atoms with Crippen LogP contribution < -0.4 is 0 Å². The summed E-state index contributed by atoms with van der Waals surface area (Å²) in [5.74, 6) is 0.639. The zero-order valence-electron chi connectivity index (χ0n) is 15.6. The molecule has 2 N–H and O–H groups in total. The first kappa shape index (κ1) is 16.9. The Labute approximate surface area is 145 Å². The predicted octanol–water partition coefficient (Wildman–Crippen LogP) is 5.38. The maximum Gasteiger partial charge on any atom is 0.119 e. The number of fused-ring (bicyclic) bond motifs is 1. The van der Waals surface area contributed by atoms with Gasteiger partial charge in [-0.25, -0.2) is 0 Å². The van der Waals surface area contributed by atoms with Gasteiger partial charge in [-0.3, -0.25) is 0 Å². The second-order valence-electron chi connectivity index (χ2n) is 9.04. The van der Waals surface area contributed by atoms with Crippen LogP contribution >= 0.6 is 0 Å². The standard InChI is InChI=1S/C22H28O2/c1-20(2,3)14-9-7-11-16(23)18(14)22(6)13-21(4,5)15-10-8-12-17(24)19(15)22/h7-12,23-24H,13H2,1-6H3/t22-/m0/s1. The van der Waals surface area contributed by atoms with Gasteiger partial charge in [-0.1, -0.05) is 65.8 Å². The van der Waals surface area contributed by atoms with Crippen molar-refractivity contribution in [1.29, 1.82) is 0 Å². The van der Waals surface area contributed by atoms with Crippen molar-refractivity contribution in [2.45, 2.75) is 64.2 Å². The SMILES string of the molecule is CC(C)(C)c1cccc(O)c1[C@]1(C)CC(C)(C)c2cccc(O)c21. The summed E-state index contributed by atoms with van der Waals surface area (Å²) in [6.07, 6.45) is 0.855. The third kappa shape index (κ3) is 2.31. The number of rotatable bonds is 1. The van der Waals surface area contributed by atoms with Gasteiger partial charge in [0.05, 0.1) is 0 Å². The Morgan fingerprint density at radius 2 is 1.38 bits per heavy atom. The normalized spacial score (nSPS) is 22.4. The Bertz CT molecular complexity index is 796. The van der Waals surface area contributed by atoms with Gasteiger partial charge < -0.3 is 10.2 Å². The monoisotopic (exact) mass is 324 g/mol. The molecule has 0 saturated heterocycles. The summed E-state index contributed by atoms with van der Waals surface area (Å²) in [5.41, 5.74) is 3.66. The number of hydrogen-bond acceptors (Lipinski definition) is 2. The highest BCUT2D eigenvalue weighted by atomic mass is 16.3. The van der Waals surface area contributed by atoms with Crippen molar-refractivity contribution < 1.29 is 10.2 Å². The van der Waals surface area contributed by atoms with E-state index in [1.807, 2.05) is 12.1 Å². The van der Waals surface area contributed by atoms with Crippen molar-refractivity contribution in [2.75, 3.05) is 0 Å². The number of phenols is 2. The maximum absolute atomic E-state index is 10.8. The van der Waals surface area contributed by atoms with Gasteiger partial charge >= 0.3 is 0 Å². The van der Waals surface area contributed by atoms with Crippen LogP contribution in [0.5, 0.6) is 11.5 Å². The van der Waals surface area contributed by atoms with Gasteiger partial charge in [-0.2, -0.15) is 0 Å². The quantitative estimate of drug-likeness (QED) is 0.739. The van der Waals surface area contributed by atoms with Crippen LogP contribution in [0.3, 0.4) is 0 Å². The van der Waals surface area contributed by atoms with Crippen molar-refractivity contribution in [3.63, 3.8) is 0 Å². The molecule has 0 spiro atoms. The fourth-order valence-electron chi connectivity index (χ4n) is 4.71. The Kier molecular flexibility index (Phi) is 3.53. The fourth-order valence-corrected chi connectivity index (χ4v) is 4.71. The summed E-state index contributed by atoms with van der Waals surface area (Å²) in [5, 5.41) is 21.4. The molecule has 24 heavy (non-hydrogen) atoms. The topological polar surface area (TPSA) is 40.5 Å². The molecule has 1 aliphatic rings. The van der Waals surface area contributed by atoms with Crippen molar-refractivity contribution in [3.8, 4) is 11.5 Å². The average Bonchev–Trinajstić information content (AvgIpc) is 2.66. The summed E-state index contributed by atoms with van der Waals surface area (Å²) < 4.78 is 0. The van der Waals surface area contributed by atoms with E-state index in [-0.39, 0.29) is 10.8 Å². The van der Waals surface area contributed by atoms with Gasteiger partial charge in [0.2, 0.25) is 0 Å². The molecule has 128 valence electrons. The highest BCUT2D eigenvalue weighted by molar-refractivity contribution is 5.62. The van der Waals surface area contributed by atoms with E-state index in [0.717, 1.165) is 23.1 Å². The van der Waals surface area contributed by atoms with Gasteiger partial charge in [0, 0.05) is 16.5 Å². The molecule has 0 amide bonds. The van der Waals surface area contributed by atoms with Crippen molar-refractivity contribution in [3.05, 3.63) is 58.7 Å². The van der Waals surface area contributed by atoms with Crippen LogP contribution in [-0.2, 0) is 16.2 Å². The zero-order chi connectivity index (χ0) is 17.9. The van der Waals surface area contributed by atoms with Crippen LogP contribution in [0.25, 0.3) is 0 Å². The molecule has 0 heterocycles. The van der Waals surface area contributed by atoms with Crippen molar-refractivity contribution in [2.24, 2.45) is 0 Å². The van der Waals surface area contributed by atoms with E-state index in [4.69, 9.17) is 0 Å². The van der Waals surface area contributed by atoms with Gasteiger partial charge in [-0.05, 0) is 40.5 Å². The van der Waals surface area contributed by atoms with E-state index < -0.39 is 5.41 Å². The van der Waals surface area contributed by atoms with E-state index in [2.05, 4.69) is 53.7 Å². The second kappa shape index (κ2) is 5.02. The second-order valence-corrected chi connectivity index (χ2v) is 9.04. The Morgan fingerprint density at radius 3 is 1.96 bits per heavy atom. The van der Waals surface area contributed by atoms with E-state index in [0.29, 0.717) is 11.5 Å². The zero-order valence-corrected chi connectivity index (χ0v) is 15.6. The Hall–Kier alpha value is -1.96. The lowest BCUT2D eigenvalue weighted by Crippen LogP contribution is -2.28. The first-order chi connectivity index (χ1) is 11.0. The lowest BCUT2D eigenvalue weighted by molar-refractivity contribution is 0.384. The lowest BCUT2D eigenvalue weighted by Gasteiger charge is -2.35. The smallest absolute Gasteiger partial charge is 0.119 e. The summed E-state index contributed by atoms with van der Waals surface area (Å²) >= 11 is 0. The molecule has 0 saturated carbocycles. The predicted molar refractivity (Wildman–Crippen MR) is 99.0 cm³/mol. The summed E-state index contributed by atoms with van der Waals surface area (Å²) in [6, 6.07) is 11.6. The van der Waals surface area contributed by atoms with Gasteiger partial charge in [0.1, 0.15) is 11.5 Å². The minimum absolute atomic E-state index is 0.0553. The average molecular weight is 324 g/mol.